The van der Waals surface area contributed by atoms with Gasteiger partial charge in [-0.25, -0.2) is 0 Å². The maximum absolute atomic E-state index is 12.7. The summed E-state index contributed by atoms with van der Waals surface area (Å²) in [6, 6.07) is 0. The Hall–Kier alpha value is -1.89. The van der Waals surface area contributed by atoms with Crippen LogP contribution in [0.2, 0.25) is 0 Å². The predicted molar refractivity (Wildman–Crippen MR) is 80.8 cm³/mol. The number of carbonyl (C=O) groups is 2. The van der Waals surface area contributed by atoms with Crippen LogP contribution < -0.4 is 5.32 Å². The fourth-order valence-corrected chi connectivity index (χ4v) is 4.41. The highest BCUT2D eigenvalue weighted by Gasteiger charge is 2.65. The number of carboxylic acid groups (broad SMARTS) is 1. The number of nitrogens with one attached hydrogen (secondary N) is 1. The summed E-state index contributed by atoms with van der Waals surface area (Å²) in [5.41, 5.74) is 0.716. The van der Waals surface area contributed by atoms with E-state index in [1.807, 2.05) is 7.05 Å². The number of aryl methyl sites for hydroxylation is 1. The molecule has 7 heteroatoms. The second-order valence-electron chi connectivity index (χ2n) is 7.25. The van der Waals surface area contributed by atoms with Crippen molar-refractivity contribution in [2.75, 3.05) is 11.9 Å². The second kappa shape index (κ2) is 4.80. The van der Waals surface area contributed by atoms with Gasteiger partial charge in [0.25, 0.3) is 0 Å². The Balaban J connectivity index is 1.56. The highest BCUT2D eigenvalue weighted by Crippen LogP contribution is 2.64. The number of aliphatic carboxylic acids is 1. The normalized spacial score (nSPS) is 23.5. The van der Waals surface area contributed by atoms with Crippen LogP contribution in [0, 0.1) is 10.8 Å². The van der Waals surface area contributed by atoms with E-state index in [9.17, 15) is 14.7 Å². The average molecular weight is 319 g/mol. The summed E-state index contributed by atoms with van der Waals surface area (Å²) in [6.07, 6.45) is 4.88. The van der Waals surface area contributed by atoms with Crippen LogP contribution in [0.5, 0.6) is 0 Å². The number of rotatable bonds is 3. The van der Waals surface area contributed by atoms with E-state index >= 15 is 0 Å². The van der Waals surface area contributed by atoms with Crippen LogP contribution >= 0.6 is 0 Å². The van der Waals surface area contributed by atoms with Crippen LogP contribution in [-0.2, 0) is 34.4 Å². The molecule has 0 aromatic carbocycles. The van der Waals surface area contributed by atoms with Crippen molar-refractivity contribution in [1.29, 1.82) is 0 Å². The molecule has 0 saturated heterocycles. The van der Waals surface area contributed by atoms with E-state index < -0.39 is 17.3 Å². The smallest absolute Gasteiger partial charge is 0.319 e. The first-order chi connectivity index (χ1) is 11.0. The molecule has 2 N–H and O–H groups in total. The van der Waals surface area contributed by atoms with Crippen LogP contribution in [-0.4, -0.2) is 33.4 Å². The van der Waals surface area contributed by atoms with E-state index in [2.05, 4.69) is 10.4 Å². The summed E-state index contributed by atoms with van der Waals surface area (Å²) in [5, 5.41) is 16.7. The van der Waals surface area contributed by atoms with Gasteiger partial charge in [0.05, 0.1) is 13.2 Å². The molecule has 2 aliphatic carbocycles. The van der Waals surface area contributed by atoms with Gasteiger partial charge in [-0.05, 0) is 31.1 Å². The number of anilines is 1. The number of hydrogen-bond acceptors (Lipinski definition) is 4. The van der Waals surface area contributed by atoms with E-state index in [4.69, 9.17) is 4.74 Å². The van der Waals surface area contributed by atoms with Crippen molar-refractivity contribution >= 4 is 17.7 Å². The van der Waals surface area contributed by atoms with E-state index in [1.165, 1.54) is 0 Å². The van der Waals surface area contributed by atoms with Gasteiger partial charge in [0.15, 0.2) is 5.82 Å². The molecule has 2 heterocycles. The molecule has 1 aromatic rings. The predicted octanol–water partition coefficient (Wildman–Crippen LogP) is 1.47. The van der Waals surface area contributed by atoms with E-state index in [0.717, 1.165) is 36.9 Å². The number of amides is 1. The van der Waals surface area contributed by atoms with Crippen molar-refractivity contribution in [3.63, 3.8) is 0 Å². The Kier molecular flexibility index (Phi) is 3.07. The Morgan fingerprint density at radius 3 is 2.70 bits per heavy atom. The van der Waals surface area contributed by atoms with Crippen LogP contribution in [0.15, 0.2) is 0 Å². The van der Waals surface area contributed by atoms with Gasteiger partial charge in [-0.1, -0.05) is 6.42 Å². The van der Waals surface area contributed by atoms with E-state index in [0.29, 0.717) is 31.9 Å². The molecule has 0 unspecified atom stereocenters. The van der Waals surface area contributed by atoms with Crippen LogP contribution in [0.25, 0.3) is 0 Å². The molecular formula is C16H21N3O4. The molecule has 1 aliphatic heterocycles. The fraction of sp³-hybridized carbons (Fsp3) is 0.688. The van der Waals surface area contributed by atoms with Crippen molar-refractivity contribution in [2.45, 2.75) is 45.1 Å². The monoisotopic (exact) mass is 319 g/mol. The minimum atomic E-state index is -1.29. The summed E-state index contributed by atoms with van der Waals surface area (Å²) < 4.78 is 7.19. The van der Waals surface area contributed by atoms with Gasteiger partial charge in [-0.3, -0.25) is 14.3 Å². The Morgan fingerprint density at radius 1 is 1.35 bits per heavy atom. The molecule has 0 radical (unpaired) electrons. The molecule has 1 amide bonds. The van der Waals surface area contributed by atoms with Gasteiger partial charge in [-0.15, -0.1) is 0 Å². The molecule has 23 heavy (non-hydrogen) atoms. The fourth-order valence-electron chi connectivity index (χ4n) is 4.41. The summed E-state index contributed by atoms with van der Waals surface area (Å²) in [6.45, 7) is 1.05. The summed E-state index contributed by atoms with van der Waals surface area (Å²) in [4.78, 5) is 24.4. The van der Waals surface area contributed by atoms with Gasteiger partial charge < -0.3 is 15.2 Å². The molecule has 2 saturated carbocycles. The summed E-state index contributed by atoms with van der Waals surface area (Å²) in [5.74, 6) is -1.01. The maximum atomic E-state index is 12.7. The highest BCUT2D eigenvalue weighted by atomic mass is 16.5. The Labute approximate surface area is 134 Å². The quantitative estimate of drug-likeness (QED) is 0.823. The van der Waals surface area contributed by atoms with Crippen LogP contribution in [0.3, 0.4) is 0 Å². The topological polar surface area (TPSA) is 93.5 Å². The lowest BCUT2D eigenvalue weighted by molar-refractivity contribution is -0.178. The highest BCUT2D eigenvalue weighted by molar-refractivity contribution is 6.09. The number of nitrogens with zero attached hydrogens (tertiary/aromatic N) is 2. The van der Waals surface area contributed by atoms with Gasteiger partial charge in [-0.2, -0.15) is 5.10 Å². The number of hydrogen-bond donors (Lipinski definition) is 2. The van der Waals surface area contributed by atoms with Crippen molar-refractivity contribution in [2.24, 2.45) is 17.9 Å². The SMILES string of the molecule is Cn1nc(NC(=O)C2(C(=O)O)CC3(CCC3)C2)c2c1CCOC2. The lowest BCUT2D eigenvalue weighted by atomic mass is 9.45. The summed E-state index contributed by atoms with van der Waals surface area (Å²) in [7, 11) is 1.83. The lowest BCUT2D eigenvalue weighted by Gasteiger charge is -2.57. The largest absolute Gasteiger partial charge is 0.480 e. The molecule has 124 valence electrons. The second-order valence-corrected chi connectivity index (χ2v) is 7.25. The molecule has 2 fully saturated rings. The standard InChI is InChI=1S/C16H21N3O4/c1-19-11-3-6-23-7-10(11)12(18-19)17-13(20)16(14(21)22)8-15(9-16)4-2-5-15/h2-9H2,1H3,(H,21,22)(H,17,18,20). The zero-order valence-electron chi connectivity index (χ0n) is 13.2. The molecule has 1 aromatic heterocycles. The van der Waals surface area contributed by atoms with Gasteiger partial charge in [0.1, 0.15) is 5.41 Å². The van der Waals surface area contributed by atoms with Crippen molar-refractivity contribution < 1.29 is 19.4 Å². The molecule has 7 nitrogen and oxygen atoms in total. The van der Waals surface area contributed by atoms with Gasteiger partial charge in [0, 0.05) is 24.7 Å². The third-order valence-electron chi connectivity index (χ3n) is 5.85. The van der Waals surface area contributed by atoms with Crippen molar-refractivity contribution in [1.82, 2.24) is 9.78 Å². The van der Waals surface area contributed by atoms with Gasteiger partial charge >= 0.3 is 5.97 Å². The first-order valence-electron chi connectivity index (χ1n) is 8.13. The van der Waals surface area contributed by atoms with Crippen molar-refractivity contribution in [3.05, 3.63) is 11.3 Å². The number of fused-ring (bicyclic) bond motifs is 1. The Morgan fingerprint density at radius 2 is 2.09 bits per heavy atom. The zero-order valence-corrected chi connectivity index (χ0v) is 13.2. The third kappa shape index (κ3) is 2.02. The van der Waals surface area contributed by atoms with E-state index in [-0.39, 0.29) is 5.41 Å². The average Bonchev–Trinajstić information content (AvgIpc) is 2.73. The molecule has 1 spiro atoms. The number of aromatic nitrogens is 2. The number of ether oxygens (including phenoxy) is 1. The van der Waals surface area contributed by atoms with Gasteiger partial charge in [0.2, 0.25) is 5.91 Å². The van der Waals surface area contributed by atoms with Crippen molar-refractivity contribution in [3.8, 4) is 0 Å². The molecule has 0 atom stereocenters. The Bertz CT molecular complexity index is 682. The minimum Gasteiger partial charge on any atom is -0.480 e. The first-order valence-corrected chi connectivity index (χ1v) is 8.13. The number of carboxylic acids is 1. The van der Waals surface area contributed by atoms with Crippen LogP contribution in [0.1, 0.15) is 43.4 Å². The summed E-state index contributed by atoms with van der Waals surface area (Å²) >= 11 is 0. The first kappa shape index (κ1) is 14.7. The minimum absolute atomic E-state index is 0.0996. The lowest BCUT2D eigenvalue weighted by Crippen LogP contribution is -2.60. The zero-order chi connectivity index (χ0) is 16.2. The molecule has 4 rings (SSSR count). The van der Waals surface area contributed by atoms with Crippen LogP contribution in [0.4, 0.5) is 5.82 Å². The molecule has 0 bridgehead atoms. The number of carbonyl (C=O) groups excluding carboxylic acids is 1. The molecular weight excluding hydrogens is 298 g/mol. The van der Waals surface area contributed by atoms with E-state index in [1.54, 1.807) is 4.68 Å². The third-order valence-corrected chi connectivity index (χ3v) is 5.85. The molecule has 3 aliphatic rings. The maximum Gasteiger partial charge on any atom is 0.319 e.